The molecule has 1 atom stereocenters. The Labute approximate surface area is 158 Å². The molecule has 2 aliphatic heterocycles. The summed E-state index contributed by atoms with van der Waals surface area (Å²) in [5.74, 6) is 0.338. The van der Waals surface area contributed by atoms with E-state index in [9.17, 15) is 4.79 Å². The van der Waals surface area contributed by atoms with Crippen LogP contribution in [-0.2, 0) is 11.3 Å². The summed E-state index contributed by atoms with van der Waals surface area (Å²) in [5.41, 5.74) is 2.26. The van der Waals surface area contributed by atoms with Gasteiger partial charge in [-0.3, -0.25) is 9.69 Å². The Bertz CT molecular complexity index is 576. The van der Waals surface area contributed by atoms with Gasteiger partial charge in [-0.1, -0.05) is 18.6 Å². The zero-order valence-electron chi connectivity index (χ0n) is 16.7. The lowest BCUT2D eigenvalue weighted by molar-refractivity contribution is -0.121. The summed E-state index contributed by atoms with van der Waals surface area (Å²) in [4.78, 5) is 17.6. The van der Waals surface area contributed by atoms with Crippen LogP contribution in [0.15, 0.2) is 24.3 Å². The van der Waals surface area contributed by atoms with E-state index in [4.69, 9.17) is 0 Å². The fourth-order valence-corrected chi connectivity index (χ4v) is 4.24. The van der Waals surface area contributed by atoms with Crippen LogP contribution in [0, 0.1) is 5.92 Å². The molecule has 0 unspecified atom stereocenters. The average molecular weight is 358 g/mol. The molecule has 3 rings (SSSR count). The molecule has 2 saturated heterocycles. The number of benzene rings is 1. The summed E-state index contributed by atoms with van der Waals surface area (Å²) < 4.78 is 0. The van der Waals surface area contributed by atoms with Crippen molar-refractivity contribution < 1.29 is 4.79 Å². The van der Waals surface area contributed by atoms with Crippen LogP contribution in [0.5, 0.6) is 0 Å². The molecular formula is C22H35N3O. The van der Waals surface area contributed by atoms with E-state index >= 15 is 0 Å². The third kappa shape index (κ3) is 5.08. The Morgan fingerprint density at radius 3 is 2.38 bits per heavy atom. The molecule has 2 aliphatic rings. The third-order valence-electron chi connectivity index (χ3n) is 6.18. The number of carbonyl (C=O) groups excluding carboxylic acids is 1. The lowest BCUT2D eigenvalue weighted by atomic mass is 9.95. The first-order valence-electron chi connectivity index (χ1n) is 10.4. The topological polar surface area (TPSA) is 35.6 Å². The van der Waals surface area contributed by atoms with E-state index in [1.165, 1.54) is 31.4 Å². The summed E-state index contributed by atoms with van der Waals surface area (Å²) in [6, 6.07) is 9.71. The Hall–Kier alpha value is -1.39. The molecule has 4 nitrogen and oxygen atoms in total. The van der Waals surface area contributed by atoms with E-state index in [1.807, 2.05) is 0 Å². The molecule has 1 aromatic carbocycles. The normalized spacial score (nSPS) is 23.3. The lowest BCUT2D eigenvalue weighted by Crippen LogP contribution is -2.41. The van der Waals surface area contributed by atoms with Gasteiger partial charge in [0.1, 0.15) is 0 Å². The molecule has 144 valence electrons. The van der Waals surface area contributed by atoms with Crippen LogP contribution >= 0.6 is 0 Å². The minimum absolute atomic E-state index is 0.152. The largest absolute Gasteiger partial charge is 0.326 e. The van der Waals surface area contributed by atoms with Crippen molar-refractivity contribution in [1.82, 2.24) is 9.80 Å². The molecule has 1 amide bonds. The van der Waals surface area contributed by atoms with Gasteiger partial charge in [0.2, 0.25) is 5.91 Å². The van der Waals surface area contributed by atoms with Gasteiger partial charge in [-0.2, -0.15) is 0 Å². The van der Waals surface area contributed by atoms with E-state index in [2.05, 4.69) is 60.2 Å². The van der Waals surface area contributed by atoms with Gasteiger partial charge in [0.05, 0.1) is 0 Å². The van der Waals surface area contributed by atoms with Crippen molar-refractivity contribution in [2.75, 3.05) is 25.0 Å². The zero-order valence-corrected chi connectivity index (χ0v) is 16.7. The number of hydrogen-bond acceptors (Lipinski definition) is 3. The highest BCUT2D eigenvalue weighted by atomic mass is 16.1. The van der Waals surface area contributed by atoms with Crippen molar-refractivity contribution in [2.45, 2.75) is 71.5 Å². The first-order chi connectivity index (χ1) is 12.5. The van der Waals surface area contributed by atoms with Crippen LogP contribution in [0.1, 0.15) is 58.4 Å². The first kappa shape index (κ1) is 19.4. The second kappa shape index (κ2) is 9.01. The molecule has 4 heteroatoms. The summed E-state index contributed by atoms with van der Waals surface area (Å²) in [6.07, 6.45) is 5.92. The highest BCUT2D eigenvalue weighted by Gasteiger charge is 2.26. The van der Waals surface area contributed by atoms with Crippen LogP contribution in [0.25, 0.3) is 0 Å². The predicted molar refractivity (Wildman–Crippen MR) is 108 cm³/mol. The summed E-state index contributed by atoms with van der Waals surface area (Å²) >= 11 is 0. The number of amides is 1. The average Bonchev–Trinajstić information content (AvgIpc) is 2.65. The van der Waals surface area contributed by atoms with Crippen molar-refractivity contribution in [1.29, 1.82) is 0 Å². The number of rotatable bonds is 5. The van der Waals surface area contributed by atoms with E-state index < -0.39 is 0 Å². The van der Waals surface area contributed by atoms with Crippen LogP contribution in [-0.4, -0.2) is 47.4 Å². The number of anilines is 1. The summed E-state index contributed by atoms with van der Waals surface area (Å²) in [7, 11) is 0. The van der Waals surface area contributed by atoms with Gasteiger partial charge in [0, 0.05) is 30.2 Å². The second-order valence-electron chi connectivity index (χ2n) is 8.41. The molecule has 0 radical (unpaired) electrons. The molecule has 1 N–H and O–H groups in total. The van der Waals surface area contributed by atoms with Gasteiger partial charge in [0.15, 0.2) is 0 Å². The van der Waals surface area contributed by atoms with E-state index in [-0.39, 0.29) is 11.8 Å². The van der Waals surface area contributed by atoms with Gasteiger partial charge in [-0.15, -0.1) is 0 Å². The number of likely N-dealkylation sites (tertiary alicyclic amines) is 2. The predicted octanol–water partition coefficient (Wildman–Crippen LogP) is 4.12. The molecule has 26 heavy (non-hydrogen) atoms. The standard InChI is InChI=1S/C22H35N3O/c1-17(2)24-14-11-20(12-15-24)22(26)23-21-9-7-19(8-10-21)16-25-13-5-4-6-18(25)3/h7-10,17-18,20H,4-6,11-16H2,1-3H3,(H,23,26)/t18-/m0/s1. The maximum Gasteiger partial charge on any atom is 0.227 e. The molecule has 0 bridgehead atoms. The molecule has 1 aromatic rings. The SMILES string of the molecule is CC(C)N1CCC(C(=O)Nc2ccc(CN3CCCC[C@@H]3C)cc2)CC1. The fourth-order valence-electron chi connectivity index (χ4n) is 4.24. The van der Waals surface area contributed by atoms with Crippen molar-refractivity contribution >= 4 is 11.6 Å². The van der Waals surface area contributed by atoms with E-state index in [0.29, 0.717) is 12.1 Å². The lowest BCUT2D eigenvalue weighted by Gasteiger charge is -2.34. The number of nitrogens with zero attached hydrogens (tertiary/aromatic N) is 2. The Kier molecular flexibility index (Phi) is 6.71. The molecule has 0 spiro atoms. The maximum absolute atomic E-state index is 12.6. The van der Waals surface area contributed by atoms with Crippen LogP contribution < -0.4 is 5.32 Å². The van der Waals surface area contributed by atoms with Crippen LogP contribution in [0.3, 0.4) is 0 Å². The van der Waals surface area contributed by atoms with Gasteiger partial charge < -0.3 is 10.2 Å². The molecular weight excluding hydrogens is 322 g/mol. The van der Waals surface area contributed by atoms with Crippen molar-refractivity contribution in [2.24, 2.45) is 5.92 Å². The highest BCUT2D eigenvalue weighted by Crippen LogP contribution is 2.22. The fraction of sp³-hybridized carbons (Fsp3) is 0.682. The quantitative estimate of drug-likeness (QED) is 0.861. The number of piperidine rings is 2. The smallest absolute Gasteiger partial charge is 0.227 e. The Morgan fingerprint density at radius 1 is 1.08 bits per heavy atom. The van der Waals surface area contributed by atoms with E-state index in [0.717, 1.165) is 38.2 Å². The van der Waals surface area contributed by atoms with Gasteiger partial charge in [-0.25, -0.2) is 0 Å². The minimum Gasteiger partial charge on any atom is -0.326 e. The van der Waals surface area contributed by atoms with Crippen molar-refractivity contribution in [3.63, 3.8) is 0 Å². The molecule has 0 saturated carbocycles. The third-order valence-corrected chi connectivity index (χ3v) is 6.18. The van der Waals surface area contributed by atoms with Crippen LogP contribution in [0.4, 0.5) is 5.69 Å². The van der Waals surface area contributed by atoms with Crippen molar-refractivity contribution in [3.05, 3.63) is 29.8 Å². The maximum atomic E-state index is 12.6. The Morgan fingerprint density at radius 2 is 1.77 bits per heavy atom. The van der Waals surface area contributed by atoms with E-state index in [1.54, 1.807) is 0 Å². The summed E-state index contributed by atoms with van der Waals surface area (Å²) in [6.45, 7) is 11.1. The van der Waals surface area contributed by atoms with Crippen LogP contribution in [0.2, 0.25) is 0 Å². The monoisotopic (exact) mass is 357 g/mol. The van der Waals surface area contributed by atoms with Gasteiger partial charge in [-0.05, 0) is 83.8 Å². The van der Waals surface area contributed by atoms with Gasteiger partial charge in [0.25, 0.3) is 0 Å². The summed E-state index contributed by atoms with van der Waals surface area (Å²) in [5, 5.41) is 3.12. The second-order valence-corrected chi connectivity index (χ2v) is 8.41. The zero-order chi connectivity index (χ0) is 18.5. The molecule has 0 aromatic heterocycles. The number of carbonyl (C=O) groups is 1. The minimum atomic E-state index is 0.152. The number of nitrogens with one attached hydrogen (secondary N) is 1. The first-order valence-corrected chi connectivity index (χ1v) is 10.4. The molecule has 2 fully saturated rings. The van der Waals surface area contributed by atoms with Crippen molar-refractivity contribution in [3.8, 4) is 0 Å². The van der Waals surface area contributed by atoms with Gasteiger partial charge >= 0.3 is 0 Å². The number of hydrogen-bond donors (Lipinski definition) is 1. The highest BCUT2D eigenvalue weighted by molar-refractivity contribution is 5.92. The Balaban J connectivity index is 1.49. The molecule has 0 aliphatic carbocycles. The molecule has 2 heterocycles.